The van der Waals surface area contributed by atoms with Crippen LogP contribution in [0.1, 0.15) is 15.9 Å². The van der Waals surface area contributed by atoms with Crippen LogP contribution < -0.4 is 5.32 Å². The van der Waals surface area contributed by atoms with Crippen LogP contribution in [0.4, 0.5) is 0 Å². The summed E-state index contributed by atoms with van der Waals surface area (Å²) >= 11 is 5.74. The zero-order valence-electron chi connectivity index (χ0n) is 7.25. The number of rotatable bonds is 1. The molecule has 0 aliphatic carbocycles. The molecule has 1 aliphatic heterocycles. The predicted octanol–water partition coefficient (Wildman–Crippen LogP) is 1.51. The first-order valence-corrected chi connectivity index (χ1v) is 6.63. The van der Waals surface area contributed by atoms with Gasteiger partial charge in [0.15, 0.2) is 0 Å². The maximum absolute atomic E-state index is 11.3. The van der Waals surface area contributed by atoms with Gasteiger partial charge in [0.25, 0.3) is 15.0 Å². The van der Waals surface area contributed by atoms with Gasteiger partial charge in [-0.3, -0.25) is 4.79 Å². The molecule has 1 aliphatic rings. The Morgan fingerprint density at radius 3 is 2.60 bits per heavy atom. The second kappa shape index (κ2) is 3.37. The molecule has 80 valence electrons. The first-order chi connectivity index (χ1) is 6.89. The Labute approximate surface area is 95.6 Å². The summed E-state index contributed by atoms with van der Waals surface area (Å²) in [7, 11) is 1.25. The molecule has 0 unspecified atom stereocenters. The summed E-state index contributed by atoms with van der Waals surface area (Å²) in [6.45, 7) is 0.358. The van der Waals surface area contributed by atoms with Gasteiger partial charge in [0.2, 0.25) is 0 Å². The molecule has 15 heavy (non-hydrogen) atoms. The van der Waals surface area contributed by atoms with Crippen molar-refractivity contribution in [3.8, 4) is 0 Å². The summed E-state index contributed by atoms with van der Waals surface area (Å²) in [4.78, 5) is 11.0. The van der Waals surface area contributed by atoms with Crippen molar-refractivity contribution >= 4 is 37.2 Å². The van der Waals surface area contributed by atoms with Crippen molar-refractivity contribution < 1.29 is 13.2 Å². The standard InChI is InChI=1S/C8H5Cl2NO3S/c9-6-1-4-3-11-8(12)5(4)2-7(6)15(10,13)14/h1-2H,3H2,(H,11,12). The van der Waals surface area contributed by atoms with E-state index in [0.717, 1.165) is 0 Å². The Kier molecular flexibility index (Phi) is 2.41. The van der Waals surface area contributed by atoms with Gasteiger partial charge < -0.3 is 5.32 Å². The van der Waals surface area contributed by atoms with Crippen molar-refractivity contribution in [2.24, 2.45) is 0 Å². The lowest BCUT2D eigenvalue weighted by Gasteiger charge is -2.02. The van der Waals surface area contributed by atoms with Crippen LogP contribution in [0.3, 0.4) is 0 Å². The zero-order valence-corrected chi connectivity index (χ0v) is 9.58. The molecule has 1 heterocycles. The van der Waals surface area contributed by atoms with Crippen LogP contribution in [0.2, 0.25) is 5.02 Å². The number of hydrogen-bond acceptors (Lipinski definition) is 3. The minimum atomic E-state index is -3.92. The number of amides is 1. The minimum Gasteiger partial charge on any atom is -0.348 e. The van der Waals surface area contributed by atoms with Crippen LogP contribution in [0, 0.1) is 0 Å². The summed E-state index contributed by atoms with van der Waals surface area (Å²) in [6, 6.07) is 2.63. The van der Waals surface area contributed by atoms with Gasteiger partial charge in [0.1, 0.15) is 4.90 Å². The molecule has 2 rings (SSSR count). The maximum Gasteiger partial charge on any atom is 0.262 e. The van der Waals surface area contributed by atoms with E-state index in [1.807, 2.05) is 0 Å². The summed E-state index contributed by atoms with van der Waals surface area (Å²) in [5, 5.41) is 2.58. The molecular weight excluding hydrogens is 261 g/mol. The fraction of sp³-hybridized carbons (Fsp3) is 0.125. The number of nitrogens with one attached hydrogen (secondary N) is 1. The van der Waals surface area contributed by atoms with E-state index in [1.54, 1.807) is 0 Å². The van der Waals surface area contributed by atoms with Gasteiger partial charge in [0.05, 0.1) is 5.02 Å². The molecule has 0 radical (unpaired) electrons. The third-order valence-corrected chi connectivity index (χ3v) is 3.89. The Hall–Kier alpha value is -0.780. The van der Waals surface area contributed by atoms with Gasteiger partial charge in [-0.2, -0.15) is 0 Å². The smallest absolute Gasteiger partial charge is 0.262 e. The summed E-state index contributed by atoms with van der Waals surface area (Å²) in [5.41, 5.74) is 0.979. The molecule has 1 aromatic carbocycles. The molecular formula is C8H5Cl2NO3S. The van der Waals surface area contributed by atoms with Gasteiger partial charge in [-0.25, -0.2) is 8.42 Å². The highest BCUT2D eigenvalue weighted by molar-refractivity contribution is 8.13. The van der Waals surface area contributed by atoms with E-state index in [4.69, 9.17) is 22.3 Å². The average Bonchev–Trinajstić information content (AvgIpc) is 2.44. The van der Waals surface area contributed by atoms with Crippen molar-refractivity contribution in [1.82, 2.24) is 5.32 Å². The highest BCUT2D eigenvalue weighted by atomic mass is 35.7. The topological polar surface area (TPSA) is 63.2 Å². The number of carbonyl (C=O) groups is 1. The summed E-state index contributed by atoms with van der Waals surface area (Å²) in [5.74, 6) is -0.316. The second-order valence-electron chi connectivity index (χ2n) is 3.06. The van der Waals surface area contributed by atoms with E-state index < -0.39 is 9.05 Å². The van der Waals surface area contributed by atoms with Crippen molar-refractivity contribution in [3.05, 3.63) is 28.3 Å². The van der Waals surface area contributed by atoms with Gasteiger partial charge in [-0.05, 0) is 17.7 Å². The minimum absolute atomic E-state index is 0.0280. The largest absolute Gasteiger partial charge is 0.348 e. The van der Waals surface area contributed by atoms with E-state index in [9.17, 15) is 13.2 Å². The molecule has 0 atom stereocenters. The van der Waals surface area contributed by atoms with Crippen LogP contribution in [-0.4, -0.2) is 14.3 Å². The lowest BCUT2D eigenvalue weighted by molar-refractivity contribution is 0.0965. The number of carbonyl (C=O) groups excluding carboxylic acids is 1. The fourth-order valence-corrected chi connectivity index (χ4v) is 2.95. The third kappa shape index (κ3) is 1.82. The van der Waals surface area contributed by atoms with E-state index in [1.165, 1.54) is 12.1 Å². The molecule has 7 heteroatoms. The lowest BCUT2D eigenvalue weighted by Crippen LogP contribution is -2.12. The molecule has 1 amide bonds. The van der Waals surface area contributed by atoms with Crippen LogP contribution >= 0.6 is 22.3 Å². The van der Waals surface area contributed by atoms with Crippen LogP contribution in [-0.2, 0) is 15.6 Å². The number of benzene rings is 1. The fourth-order valence-electron chi connectivity index (χ4n) is 1.41. The van der Waals surface area contributed by atoms with Crippen molar-refractivity contribution in [2.45, 2.75) is 11.4 Å². The molecule has 1 N–H and O–H groups in total. The van der Waals surface area contributed by atoms with Gasteiger partial charge in [0, 0.05) is 22.8 Å². The highest BCUT2D eigenvalue weighted by Crippen LogP contribution is 2.29. The van der Waals surface area contributed by atoms with Crippen molar-refractivity contribution in [3.63, 3.8) is 0 Å². The zero-order chi connectivity index (χ0) is 11.2. The normalized spacial score (nSPS) is 14.9. The average molecular weight is 266 g/mol. The third-order valence-electron chi connectivity index (χ3n) is 2.10. The Morgan fingerprint density at radius 1 is 1.33 bits per heavy atom. The van der Waals surface area contributed by atoms with E-state index in [0.29, 0.717) is 17.7 Å². The molecule has 0 saturated carbocycles. The predicted molar refractivity (Wildman–Crippen MR) is 55.7 cm³/mol. The second-order valence-corrected chi connectivity index (χ2v) is 6.00. The summed E-state index contributed by atoms with van der Waals surface area (Å²) < 4.78 is 22.2. The first-order valence-electron chi connectivity index (χ1n) is 3.95. The van der Waals surface area contributed by atoms with Crippen LogP contribution in [0.15, 0.2) is 17.0 Å². The quantitative estimate of drug-likeness (QED) is 0.783. The molecule has 0 bridgehead atoms. The molecule has 0 spiro atoms. The number of fused-ring (bicyclic) bond motifs is 1. The lowest BCUT2D eigenvalue weighted by atomic mass is 10.1. The Morgan fingerprint density at radius 2 is 2.00 bits per heavy atom. The molecule has 4 nitrogen and oxygen atoms in total. The summed E-state index contributed by atoms with van der Waals surface area (Å²) in [6.07, 6.45) is 0. The molecule has 0 aromatic heterocycles. The highest BCUT2D eigenvalue weighted by Gasteiger charge is 2.24. The monoisotopic (exact) mass is 265 g/mol. The number of hydrogen-bond donors (Lipinski definition) is 1. The van der Waals surface area contributed by atoms with E-state index >= 15 is 0 Å². The Balaban J connectivity index is 2.71. The SMILES string of the molecule is O=C1NCc2cc(Cl)c(S(=O)(=O)Cl)cc21. The van der Waals surface area contributed by atoms with E-state index in [-0.39, 0.29) is 15.8 Å². The molecule has 0 saturated heterocycles. The number of halogens is 2. The van der Waals surface area contributed by atoms with Gasteiger partial charge >= 0.3 is 0 Å². The van der Waals surface area contributed by atoms with E-state index in [2.05, 4.69) is 5.32 Å². The maximum atomic E-state index is 11.3. The van der Waals surface area contributed by atoms with Crippen molar-refractivity contribution in [1.29, 1.82) is 0 Å². The van der Waals surface area contributed by atoms with Crippen molar-refractivity contribution in [2.75, 3.05) is 0 Å². The first kappa shape index (κ1) is 10.7. The molecule has 0 fully saturated rings. The molecule has 1 aromatic rings. The van der Waals surface area contributed by atoms with Gasteiger partial charge in [-0.1, -0.05) is 11.6 Å². The Bertz CT molecular complexity index is 553. The van der Waals surface area contributed by atoms with Crippen LogP contribution in [0.25, 0.3) is 0 Å². The van der Waals surface area contributed by atoms with Gasteiger partial charge in [-0.15, -0.1) is 0 Å². The van der Waals surface area contributed by atoms with Crippen LogP contribution in [0.5, 0.6) is 0 Å².